The van der Waals surface area contributed by atoms with E-state index in [9.17, 15) is 13.2 Å². The van der Waals surface area contributed by atoms with E-state index in [4.69, 9.17) is 9.47 Å². The number of halogens is 1. The van der Waals surface area contributed by atoms with Gasteiger partial charge in [0.15, 0.2) is 11.5 Å². The minimum atomic E-state index is -3.80. The van der Waals surface area contributed by atoms with Crippen molar-refractivity contribution >= 4 is 37.5 Å². The number of sulfonamides is 1. The summed E-state index contributed by atoms with van der Waals surface area (Å²) >= 11 is 3.37. The molecule has 2 aromatic rings. The van der Waals surface area contributed by atoms with Gasteiger partial charge in [-0.1, -0.05) is 6.07 Å². The first-order valence-corrected chi connectivity index (χ1v) is 11.0. The van der Waals surface area contributed by atoms with Crippen molar-refractivity contribution in [1.29, 1.82) is 0 Å². The second-order valence-corrected chi connectivity index (χ2v) is 9.46. The Labute approximate surface area is 171 Å². The molecule has 0 spiro atoms. The summed E-state index contributed by atoms with van der Waals surface area (Å²) in [6.45, 7) is 3.70. The van der Waals surface area contributed by atoms with Crippen molar-refractivity contribution in [3.63, 3.8) is 0 Å². The fourth-order valence-corrected chi connectivity index (χ4v) is 5.74. The number of rotatable bonds is 4. The first-order valence-electron chi connectivity index (χ1n) is 8.76. The summed E-state index contributed by atoms with van der Waals surface area (Å²) in [5, 5.41) is 0. The fourth-order valence-electron chi connectivity index (χ4n) is 3.61. The third-order valence-electron chi connectivity index (χ3n) is 4.88. The molecule has 0 fully saturated rings. The summed E-state index contributed by atoms with van der Waals surface area (Å²) in [6, 6.07) is 8.63. The number of carbonyl (C=O) groups is 1. The Kier molecular flexibility index (Phi) is 4.84. The zero-order valence-corrected chi connectivity index (χ0v) is 17.8. The van der Waals surface area contributed by atoms with Gasteiger partial charge in [-0.25, -0.2) is 13.1 Å². The average molecular weight is 467 g/mol. The number of carbonyl (C=O) groups excluding carboxylic acids is 1. The van der Waals surface area contributed by atoms with Crippen LogP contribution in [0.2, 0.25) is 0 Å². The van der Waals surface area contributed by atoms with E-state index in [1.165, 1.54) is 6.92 Å². The van der Waals surface area contributed by atoms with Crippen LogP contribution in [0.15, 0.2) is 39.7 Å². The van der Waals surface area contributed by atoms with Crippen LogP contribution in [0.5, 0.6) is 11.5 Å². The maximum absolute atomic E-state index is 12.9. The number of benzene rings is 2. The van der Waals surface area contributed by atoms with Gasteiger partial charge in [0, 0.05) is 29.7 Å². The molecule has 1 atom stereocenters. The van der Waals surface area contributed by atoms with Crippen LogP contribution in [0.4, 0.5) is 5.69 Å². The smallest absolute Gasteiger partial charge is 0.242 e. The van der Waals surface area contributed by atoms with E-state index in [1.54, 1.807) is 35.2 Å². The zero-order valence-electron chi connectivity index (χ0n) is 15.4. The monoisotopic (exact) mass is 466 g/mol. The third-order valence-corrected chi connectivity index (χ3v) is 7.24. The molecule has 0 saturated heterocycles. The lowest BCUT2D eigenvalue weighted by Crippen LogP contribution is -2.33. The van der Waals surface area contributed by atoms with Crippen LogP contribution in [-0.2, 0) is 27.8 Å². The zero-order chi connectivity index (χ0) is 20.1. The van der Waals surface area contributed by atoms with Gasteiger partial charge in [0.1, 0.15) is 0 Å². The summed E-state index contributed by atoms with van der Waals surface area (Å²) in [6.07, 6.45) is 0.693. The molecular weight excluding hydrogens is 448 g/mol. The number of nitrogens with one attached hydrogen (secondary N) is 1. The Bertz CT molecular complexity index is 1070. The van der Waals surface area contributed by atoms with Crippen LogP contribution in [-0.4, -0.2) is 27.2 Å². The van der Waals surface area contributed by atoms with Gasteiger partial charge in [0.05, 0.1) is 4.90 Å². The summed E-state index contributed by atoms with van der Waals surface area (Å²) in [5.41, 5.74) is 2.35. The lowest BCUT2D eigenvalue weighted by molar-refractivity contribution is -0.116. The molecule has 0 saturated carbocycles. The SMILES string of the molecule is CC(=O)N1c2cc(S(=O)(=O)NCc3ccc4c(c3)OCO4)c(Br)cc2C[C@H]1C. The van der Waals surface area contributed by atoms with Crippen molar-refractivity contribution < 1.29 is 22.7 Å². The molecule has 0 aromatic heterocycles. The number of amides is 1. The average Bonchev–Trinajstić information content (AvgIpc) is 3.21. The van der Waals surface area contributed by atoms with Crippen molar-refractivity contribution in [3.8, 4) is 11.5 Å². The highest BCUT2D eigenvalue weighted by atomic mass is 79.9. The predicted molar refractivity (Wildman–Crippen MR) is 107 cm³/mol. The predicted octanol–water partition coefficient (Wildman–Crippen LogP) is 2.95. The topological polar surface area (TPSA) is 84.9 Å². The summed E-state index contributed by atoms with van der Waals surface area (Å²) in [7, 11) is -3.80. The highest BCUT2D eigenvalue weighted by molar-refractivity contribution is 9.10. The lowest BCUT2D eigenvalue weighted by atomic mass is 10.1. The second-order valence-electron chi connectivity index (χ2n) is 6.87. The molecule has 2 aliphatic heterocycles. The summed E-state index contributed by atoms with van der Waals surface area (Å²) < 4.78 is 39.5. The summed E-state index contributed by atoms with van der Waals surface area (Å²) in [4.78, 5) is 13.7. The van der Waals surface area contributed by atoms with Gasteiger partial charge in [0.25, 0.3) is 0 Å². The van der Waals surface area contributed by atoms with Crippen molar-refractivity contribution in [2.45, 2.75) is 37.8 Å². The number of anilines is 1. The van der Waals surface area contributed by atoms with Gasteiger partial charge in [-0.3, -0.25) is 4.79 Å². The standard InChI is InChI=1S/C19H19BrN2O5S/c1-11-5-14-7-15(20)19(8-16(14)22(11)12(2)23)28(24,25)21-9-13-3-4-17-18(6-13)27-10-26-17/h3-4,6-8,11,21H,5,9-10H2,1-2H3/t11-/m1/s1. The van der Waals surface area contributed by atoms with E-state index in [2.05, 4.69) is 20.7 Å². The molecular formula is C19H19BrN2O5S. The Balaban J connectivity index is 1.60. The minimum absolute atomic E-state index is 0.000976. The first kappa shape index (κ1) is 19.2. The van der Waals surface area contributed by atoms with Crippen molar-refractivity contribution in [2.24, 2.45) is 0 Å². The molecule has 2 heterocycles. The van der Waals surface area contributed by atoms with Crippen LogP contribution >= 0.6 is 15.9 Å². The van der Waals surface area contributed by atoms with Crippen LogP contribution in [0, 0.1) is 0 Å². The Morgan fingerprint density at radius 1 is 1.25 bits per heavy atom. The molecule has 0 unspecified atom stereocenters. The molecule has 1 amide bonds. The van der Waals surface area contributed by atoms with Gasteiger partial charge in [-0.15, -0.1) is 0 Å². The van der Waals surface area contributed by atoms with Crippen LogP contribution in [0.3, 0.4) is 0 Å². The number of nitrogens with zero attached hydrogens (tertiary/aromatic N) is 1. The van der Waals surface area contributed by atoms with E-state index >= 15 is 0 Å². The molecule has 2 aromatic carbocycles. The minimum Gasteiger partial charge on any atom is -0.454 e. The fraction of sp³-hybridized carbons (Fsp3) is 0.316. The molecule has 0 aliphatic carbocycles. The molecule has 9 heteroatoms. The highest BCUT2D eigenvalue weighted by Gasteiger charge is 2.32. The second kappa shape index (κ2) is 7.06. The van der Waals surface area contributed by atoms with E-state index in [0.29, 0.717) is 28.1 Å². The van der Waals surface area contributed by atoms with E-state index in [0.717, 1.165) is 11.1 Å². The number of fused-ring (bicyclic) bond motifs is 2. The van der Waals surface area contributed by atoms with Crippen molar-refractivity contribution in [2.75, 3.05) is 11.7 Å². The van der Waals surface area contributed by atoms with Gasteiger partial charge < -0.3 is 14.4 Å². The molecule has 2 aliphatic rings. The quantitative estimate of drug-likeness (QED) is 0.748. The Morgan fingerprint density at radius 3 is 2.75 bits per heavy atom. The highest BCUT2D eigenvalue weighted by Crippen LogP contribution is 2.38. The van der Waals surface area contributed by atoms with E-state index in [1.807, 2.05) is 6.92 Å². The molecule has 1 N–H and O–H groups in total. The third kappa shape index (κ3) is 3.38. The molecule has 7 nitrogen and oxygen atoms in total. The number of hydrogen-bond donors (Lipinski definition) is 1. The normalized spacial score (nSPS) is 17.7. The van der Waals surface area contributed by atoms with Gasteiger partial charge in [-0.05, 0) is 64.7 Å². The molecule has 28 heavy (non-hydrogen) atoms. The van der Waals surface area contributed by atoms with Gasteiger partial charge in [-0.2, -0.15) is 0 Å². The van der Waals surface area contributed by atoms with Crippen molar-refractivity contribution in [1.82, 2.24) is 4.72 Å². The molecule has 4 rings (SSSR count). The van der Waals surface area contributed by atoms with E-state index in [-0.39, 0.29) is 30.2 Å². The van der Waals surface area contributed by atoms with Crippen LogP contribution < -0.4 is 19.1 Å². The van der Waals surface area contributed by atoms with Gasteiger partial charge in [0.2, 0.25) is 22.7 Å². The van der Waals surface area contributed by atoms with Gasteiger partial charge >= 0.3 is 0 Å². The van der Waals surface area contributed by atoms with Crippen LogP contribution in [0.25, 0.3) is 0 Å². The lowest BCUT2D eigenvalue weighted by Gasteiger charge is -2.21. The molecule has 0 bridgehead atoms. The Morgan fingerprint density at radius 2 is 2.00 bits per heavy atom. The molecule has 0 radical (unpaired) electrons. The number of ether oxygens (including phenoxy) is 2. The summed E-state index contributed by atoms with van der Waals surface area (Å²) in [5.74, 6) is 1.14. The number of hydrogen-bond acceptors (Lipinski definition) is 5. The maximum Gasteiger partial charge on any atom is 0.242 e. The Hall–Kier alpha value is -2.10. The van der Waals surface area contributed by atoms with Crippen molar-refractivity contribution in [3.05, 3.63) is 45.9 Å². The molecule has 148 valence electrons. The van der Waals surface area contributed by atoms with E-state index < -0.39 is 10.0 Å². The maximum atomic E-state index is 12.9. The largest absolute Gasteiger partial charge is 0.454 e. The van der Waals surface area contributed by atoms with Crippen LogP contribution in [0.1, 0.15) is 25.0 Å². The first-order chi connectivity index (χ1) is 13.3.